The van der Waals surface area contributed by atoms with E-state index in [1.807, 2.05) is 0 Å². The van der Waals surface area contributed by atoms with Crippen LogP contribution in [0.3, 0.4) is 0 Å². The Hall–Kier alpha value is -0.660. The highest BCUT2D eigenvalue weighted by Crippen LogP contribution is 2.31. The molecule has 1 aromatic heterocycles. The van der Waals surface area contributed by atoms with Crippen LogP contribution in [0.2, 0.25) is 0 Å². The lowest BCUT2D eigenvalue weighted by atomic mass is 10.2. The maximum atomic E-state index is 12.1. The fourth-order valence-corrected chi connectivity index (χ4v) is 1.29. The number of nitrogens with zero attached hydrogens (tertiary/aromatic N) is 1. The van der Waals surface area contributed by atoms with E-state index in [0.29, 0.717) is 0 Å². The standard InChI is InChI=1S/C5H6F3N3S/c6-5(7,8)4(11-9)3-1-12-2-10-3/h1-2,4,11H,9H2. The summed E-state index contributed by atoms with van der Waals surface area (Å²) >= 11 is 1.09. The molecule has 0 radical (unpaired) electrons. The predicted molar refractivity (Wildman–Crippen MR) is 38.2 cm³/mol. The molecule has 0 aliphatic rings. The van der Waals surface area contributed by atoms with Gasteiger partial charge in [0.15, 0.2) is 6.04 Å². The molecule has 3 N–H and O–H groups in total. The number of rotatable bonds is 2. The number of nitrogens with two attached hydrogens (primary N) is 1. The van der Waals surface area contributed by atoms with Crippen LogP contribution in [-0.2, 0) is 0 Å². The van der Waals surface area contributed by atoms with Gasteiger partial charge in [-0.1, -0.05) is 0 Å². The lowest BCUT2D eigenvalue weighted by molar-refractivity contribution is -0.158. The first-order valence-electron chi connectivity index (χ1n) is 2.96. The molecule has 3 nitrogen and oxygen atoms in total. The van der Waals surface area contributed by atoms with Crippen molar-refractivity contribution >= 4 is 11.3 Å². The van der Waals surface area contributed by atoms with Crippen molar-refractivity contribution in [3.8, 4) is 0 Å². The molecular weight excluding hydrogens is 191 g/mol. The fourth-order valence-electron chi connectivity index (χ4n) is 0.712. The Labute approximate surface area is 70.4 Å². The van der Waals surface area contributed by atoms with E-state index in [2.05, 4.69) is 4.98 Å². The highest BCUT2D eigenvalue weighted by atomic mass is 32.1. The molecule has 1 atom stereocenters. The third kappa shape index (κ3) is 1.93. The van der Waals surface area contributed by atoms with Gasteiger partial charge >= 0.3 is 6.18 Å². The number of thiazole rings is 1. The minimum Gasteiger partial charge on any atom is -0.271 e. The Kier molecular flexibility index (Phi) is 2.65. The highest BCUT2D eigenvalue weighted by molar-refractivity contribution is 7.07. The Morgan fingerprint density at radius 1 is 1.58 bits per heavy atom. The molecule has 0 fully saturated rings. The molecule has 0 saturated heterocycles. The van der Waals surface area contributed by atoms with Crippen LogP contribution in [0.1, 0.15) is 11.7 Å². The molecule has 0 aliphatic carbocycles. The van der Waals surface area contributed by atoms with E-state index in [1.165, 1.54) is 10.9 Å². The summed E-state index contributed by atoms with van der Waals surface area (Å²) in [6.07, 6.45) is -4.40. The molecular formula is C5H6F3N3S. The monoisotopic (exact) mass is 197 g/mol. The maximum absolute atomic E-state index is 12.1. The van der Waals surface area contributed by atoms with E-state index < -0.39 is 12.2 Å². The van der Waals surface area contributed by atoms with E-state index in [4.69, 9.17) is 5.84 Å². The molecule has 0 spiro atoms. The third-order valence-corrected chi connectivity index (χ3v) is 1.85. The Morgan fingerprint density at radius 3 is 2.58 bits per heavy atom. The summed E-state index contributed by atoms with van der Waals surface area (Å²) in [5.74, 6) is 4.74. The van der Waals surface area contributed by atoms with Crippen molar-refractivity contribution in [2.75, 3.05) is 0 Å². The van der Waals surface area contributed by atoms with Crippen molar-refractivity contribution in [3.05, 3.63) is 16.6 Å². The lowest BCUT2D eigenvalue weighted by Crippen LogP contribution is -2.38. The van der Waals surface area contributed by atoms with Crippen LogP contribution >= 0.6 is 11.3 Å². The van der Waals surface area contributed by atoms with Gasteiger partial charge < -0.3 is 0 Å². The summed E-state index contributed by atoms with van der Waals surface area (Å²) in [7, 11) is 0. The number of aromatic nitrogens is 1. The summed E-state index contributed by atoms with van der Waals surface area (Å²) < 4.78 is 36.3. The normalized spacial score (nSPS) is 14.7. The fraction of sp³-hybridized carbons (Fsp3) is 0.400. The van der Waals surface area contributed by atoms with Gasteiger partial charge in [-0.3, -0.25) is 5.84 Å². The van der Waals surface area contributed by atoms with Crippen molar-refractivity contribution < 1.29 is 13.2 Å². The van der Waals surface area contributed by atoms with Gasteiger partial charge in [0.2, 0.25) is 0 Å². The number of hydrazine groups is 1. The molecule has 0 aromatic carbocycles. The molecule has 1 unspecified atom stereocenters. The van der Waals surface area contributed by atoms with Crippen molar-refractivity contribution in [1.82, 2.24) is 10.4 Å². The van der Waals surface area contributed by atoms with Gasteiger partial charge in [0, 0.05) is 5.38 Å². The van der Waals surface area contributed by atoms with Gasteiger partial charge in [0.25, 0.3) is 0 Å². The minimum atomic E-state index is -4.40. The summed E-state index contributed by atoms with van der Waals surface area (Å²) in [6.45, 7) is 0. The van der Waals surface area contributed by atoms with E-state index in [9.17, 15) is 13.2 Å². The second-order valence-electron chi connectivity index (χ2n) is 2.05. The first-order valence-corrected chi connectivity index (χ1v) is 3.91. The topological polar surface area (TPSA) is 50.9 Å². The van der Waals surface area contributed by atoms with E-state index in [-0.39, 0.29) is 5.69 Å². The quantitative estimate of drug-likeness (QED) is 0.553. The van der Waals surface area contributed by atoms with Crippen LogP contribution in [0.25, 0.3) is 0 Å². The zero-order valence-corrected chi connectivity index (χ0v) is 6.62. The van der Waals surface area contributed by atoms with E-state index in [1.54, 1.807) is 5.43 Å². The predicted octanol–water partition coefficient (Wildman–Crippen LogP) is 1.21. The zero-order valence-electron chi connectivity index (χ0n) is 5.80. The average molecular weight is 197 g/mol. The number of halogens is 3. The Balaban J connectivity index is 2.84. The number of nitrogens with one attached hydrogen (secondary N) is 1. The van der Waals surface area contributed by atoms with Crippen LogP contribution in [0.5, 0.6) is 0 Å². The van der Waals surface area contributed by atoms with E-state index >= 15 is 0 Å². The SMILES string of the molecule is NNC(c1cscn1)C(F)(F)F. The van der Waals surface area contributed by atoms with Crippen molar-refractivity contribution in [2.24, 2.45) is 5.84 Å². The van der Waals surface area contributed by atoms with Crippen molar-refractivity contribution in [3.63, 3.8) is 0 Å². The van der Waals surface area contributed by atoms with Gasteiger partial charge in [-0.15, -0.1) is 11.3 Å². The molecule has 0 bridgehead atoms. The van der Waals surface area contributed by atoms with Crippen LogP contribution in [-0.4, -0.2) is 11.2 Å². The first-order chi connectivity index (χ1) is 5.55. The molecule has 1 aromatic rings. The van der Waals surface area contributed by atoms with Crippen LogP contribution < -0.4 is 11.3 Å². The second-order valence-corrected chi connectivity index (χ2v) is 2.77. The van der Waals surface area contributed by atoms with Gasteiger partial charge in [-0.2, -0.15) is 13.2 Å². The molecule has 0 aliphatic heterocycles. The first kappa shape index (κ1) is 9.43. The van der Waals surface area contributed by atoms with Gasteiger partial charge in [-0.25, -0.2) is 10.4 Å². The molecule has 1 rings (SSSR count). The summed E-state index contributed by atoms with van der Waals surface area (Å²) in [4.78, 5) is 3.51. The minimum absolute atomic E-state index is 0.102. The van der Waals surface area contributed by atoms with E-state index in [0.717, 1.165) is 11.3 Å². The Morgan fingerprint density at radius 2 is 2.25 bits per heavy atom. The smallest absolute Gasteiger partial charge is 0.271 e. The lowest BCUT2D eigenvalue weighted by Gasteiger charge is -2.16. The van der Waals surface area contributed by atoms with Crippen LogP contribution in [0, 0.1) is 0 Å². The largest absolute Gasteiger partial charge is 0.410 e. The molecule has 1 heterocycles. The summed E-state index contributed by atoms with van der Waals surface area (Å²) in [6, 6.07) is -1.87. The van der Waals surface area contributed by atoms with Gasteiger partial charge in [0.1, 0.15) is 0 Å². The molecule has 68 valence electrons. The maximum Gasteiger partial charge on any atom is 0.410 e. The number of alkyl halides is 3. The average Bonchev–Trinajstić information content (AvgIpc) is 2.38. The number of hydrogen-bond acceptors (Lipinski definition) is 4. The van der Waals surface area contributed by atoms with Crippen molar-refractivity contribution in [1.29, 1.82) is 0 Å². The summed E-state index contributed by atoms with van der Waals surface area (Å²) in [5.41, 5.74) is 2.89. The number of hydrogen-bond donors (Lipinski definition) is 2. The summed E-state index contributed by atoms with van der Waals surface area (Å²) in [5, 5.41) is 1.30. The molecule has 7 heteroatoms. The molecule has 0 amide bonds. The highest BCUT2D eigenvalue weighted by Gasteiger charge is 2.41. The molecule has 12 heavy (non-hydrogen) atoms. The Bertz CT molecular complexity index is 233. The third-order valence-electron chi connectivity index (χ3n) is 1.24. The second kappa shape index (κ2) is 3.38. The van der Waals surface area contributed by atoms with Crippen LogP contribution in [0.4, 0.5) is 13.2 Å². The van der Waals surface area contributed by atoms with Crippen molar-refractivity contribution in [2.45, 2.75) is 12.2 Å². The van der Waals surface area contributed by atoms with Crippen LogP contribution in [0.15, 0.2) is 10.9 Å². The van der Waals surface area contributed by atoms with Gasteiger partial charge in [-0.05, 0) is 0 Å². The van der Waals surface area contributed by atoms with Gasteiger partial charge in [0.05, 0.1) is 11.2 Å². The molecule has 0 saturated carbocycles. The zero-order chi connectivity index (χ0) is 9.19.